The van der Waals surface area contributed by atoms with Crippen LogP contribution in [0.25, 0.3) is 0 Å². The number of hydrogen-bond donors (Lipinski definition) is 0. The van der Waals surface area contributed by atoms with Gasteiger partial charge in [-0.1, -0.05) is 39.0 Å². The molecule has 0 atom stereocenters. The Bertz CT molecular complexity index is 136. The molecule has 0 spiro atoms. The van der Waals surface area contributed by atoms with Crippen LogP contribution in [0.2, 0.25) is 0 Å². The molecule has 0 aliphatic heterocycles. The van der Waals surface area contributed by atoms with Crippen molar-refractivity contribution in [2.24, 2.45) is 0 Å². The second-order valence-electron chi connectivity index (χ2n) is 2.36. The number of hydrogen-bond acceptors (Lipinski definition) is 0. The van der Waals surface area contributed by atoms with Gasteiger partial charge in [-0.05, 0) is 18.4 Å². The molecule has 0 heterocycles. The summed E-state index contributed by atoms with van der Waals surface area (Å²) in [5, 5.41) is 0. The second-order valence-corrected chi connectivity index (χ2v) is 2.36. The molecule has 0 saturated heterocycles. The summed E-state index contributed by atoms with van der Waals surface area (Å²) in [5.41, 5.74) is 4.01. The summed E-state index contributed by atoms with van der Waals surface area (Å²) in [5.74, 6) is 0. The van der Waals surface area contributed by atoms with Gasteiger partial charge < -0.3 is 0 Å². The lowest BCUT2D eigenvalue weighted by Crippen LogP contribution is -1.77. The highest BCUT2D eigenvalue weighted by atomic mass is 13.9. The Balaban J connectivity index is 3.46. The summed E-state index contributed by atoms with van der Waals surface area (Å²) < 4.78 is 0. The minimum absolute atomic E-state index is 1.08. The lowest BCUT2D eigenvalue weighted by molar-refractivity contribution is 0.720. The Kier molecular flexibility index (Phi) is 5.91. The van der Waals surface area contributed by atoms with Crippen molar-refractivity contribution in [2.75, 3.05) is 0 Å². The minimum Gasteiger partial charge on any atom is -0.125 e. The van der Waals surface area contributed by atoms with Crippen molar-refractivity contribution in [1.82, 2.24) is 0 Å². The lowest BCUT2D eigenvalue weighted by atomic mass is 10.1. The standard InChI is InChI=1S/C10H16/c1-4-7-8-9-10(5-2)6-3/h5H,2-4,7-9H2,1H3. The van der Waals surface area contributed by atoms with Gasteiger partial charge in [0.1, 0.15) is 0 Å². The fourth-order valence-electron chi connectivity index (χ4n) is 0.828. The van der Waals surface area contributed by atoms with Gasteiger partial charge >= 0.3 is 0 Å². The molecular weight excluding hydrogens is 120 g/mol. The first-order valence-electron chi connectivity index (χ1n) is 3.86. The molecule has 0 aliphatic rings. The SMILES string of the molecule is C=C=C(C=C)CCCCC. The van der Waals surface area contributed by atoms with Crippen LogP contribution in [0.1, 0.15) is 32.6 Å². The summed E-state index contributed by atoms with van der Waals surface area (Å²) in [6.45, 7) is 9.45. The van der Waals surface area contributed by atoms with E-state index in [9.17, 15) is 0 Å². The Morgan fingerprint density at radius 3 is 2.60 bits per heavy atom. The summed E-state index contributed by atoms with van der Waals surface area (Å²) in [6.07, 6.45) is 6.71. The van der Waals surface area contributed by atoms with Gasteiger partial charge in [0.2, 0.25) is 0 Å². The Labute approximate surface area is 64.0 Å². The largest absolute Gasteiger partial charge is 0.125 e. The zero-order chi connectivity index (χ0) is 7.82. The first kappa shape index (κ1) is 9.26. The third-order valence-corrected chi connectivity index (χ3v) is 1.52. The minimum atomic E-state index is 1.08. The average Bonchev–Trinajstić information content (AvgIpc) is 1.99. The van der Waals surface area contributed by atoms with Crippen LogP contribution < -0.4 is 0 Å². The second kappa shape index (κ2) is 6.38. The van der Waals surface area contributed by atoms with Crippen molar-refractivity contribution < 1.29 is 0 Å². The van der Waals surface area contributed by atoms with E-state index in [1.165, 1.54) is 19.3 Å². The van der Waals surface area contributed by atoms with Crippen LogP contribution in [0, 0.1) is 0 Å². The van der Waals surface area contributed by atoms with Gasteiger partial charge in [0.05, 0.1) is 0 Å². The van der Waals surface area contributed by atoms with Crippen molar-refractivity contribution in [3.63, 3.8) is 0 Å². The highest BCUT2D eigenvalue weighted by molar-refractivity contribution is 5.13. The van der Waals surface area contributed by atoms with E-state index in [0.717, 1.165) is 12.0 Å². The molecule has 0 bridgehead atoms. The number of rotatable bonds is 5. The molecule has 0 radical (unpaired) electrons. The predicted molar refractivity (Wildman–Crippen MR) is 47.0 cm³/mol. The van der Waals surface area contributed by atoms with Crippen LogP contribution in [0.15, 0.2) is 30.5 Å². The quantitative estimate of drug-likeness (QED) is 0.308. The number of unbranched alkanes of at least 4 members (excludes halogenated alkanes) is 2. The molecule has 10 heavy (non-hydrogen) atoms. The maximum atomic E-state index is 3.67. The first-order valence-corrected chi connectivity index (χ1v) is 3.86. The van der Waals surface area contributed by atoms with Crippen molar-refractivity contribution in [2.45, 2.75) is 32.6 Å². The smallest absolute Gasteiger partial charge is 0.00725 e. The highest BCUT2D eigenvalue weighted by Gasteiger charge is 1.88. The molecule has 0 unspecified atom stereocenters. The van der Waals surface area contributed by atoms with E-state index in [-0.39, 0.29) is 0 Å². The molecule has 0 aromatic carbocycles. The maximum absolute atomic E-state index is 3.67. The van der Waals surface area contributed by atoms with E-state index in [2.05, 4.69) is 25.8 Å². The van der Waals surface area contributed by atoms with Crippen molar-refractivity contribution in [1.29, 1.82) is 0 Å². The molecule has 0 aliphatic carbocycles. The molecule has 0 heteroatoms. The molecule has 0 rings (SSSR count). The summed E-state index contributed by atoms with van der Waals surface area (Å²) in [6, 6.07) is 0. The normalized spacial score (nSPS) is 8.50. The zero-order valence-corrected chi connectivity index (χ0v) is 6.82. The Hall–Kier alpha value is -0.740. The summed E-state index contributed by atoms with van der Waals surface area (Å²) in [4.78, 5) is 0. The van der Waals surface area contributed by atoms with Gasteiger partial charge in [0, 0.05) is 0 Å². The van der Waals surface area contributed by atoms with Gasteiger partial charge in [0.15, 0.2) is 0 Å². The number of allylic oxidation sites excluding steroid dienone is 2. The Morgan fingerprint density at radius 2 is 2.20 bits per heavy atom. The van der Waals surface area contributed by atoms with E-state index in [0.29, 0.717) is 0 Å². The van der Waals surface area contributed by atoms with E-state index in [1.807, 2.05) is 6.08 Å². The van der Waals surface area contributed by atoms with Gasteiger partial charge in [-0.15, -0.1) is 5.73 Å². The van der Waals surface area contributed by atoms with Gasteiger partial charge in [0.25, 0.3) is 0 Å². The fraction of sp³-hybridized carbons (Fsp3) is 0.500. The van der Waals surface area contributed by atoms with E-state index >= 15 is 0 Å². The van der Waals surface area contributed by atoms with E-state index < -0.39 is 0 Å². The van der Waals surface area contributed by atoms with Crippen LogP contribution in [0.4, 0.5) is 0 Å². The first-order chi connectivity index (χ1) is 4.85. The van der Waals surface area contributed by atoms with Crippen LogP contribution in [-0.4, -0.2) is 0 Å². The molecule has 0 amide bonds. The van der Waals surface area contributed by atoms with Crippen LogP contribution >= 0.6 is 0 Å². The van der Waals surface area contributed by atoms with Crippen LogP contribution in [0.3, 0.4) is 0 Å². The monoisotopic (exact) mass is 136 g/mol. The molecule has 0 saturated carbocycles. The van der Waals surface area contributed by atoms with Crippen molar-refractivity contribution in [3.05, 3.63) is 30.5 Å². The van der Waals surface area contributed by atoms with Crippen molar-refractivity contribution >= 4 is 0 Å². The van der Waals surface area contributed by atoms with E-state index in [1.54, 1.807) is 0 Å². The fourth-order valence-corrected chi connectivity index (χ4v) is 0.828. The topological polar surface area (TPSA) is 0 Å². The Morgan fingerprint density at radius 1 is 1.50 bits per heavy atom. The molecule has 0 aromatic rings. The van der Waals surface area contributed by atoms with E-state index in [4.69, 9.17) is 0 Å². The summed E-state index contributed by atoms with van der Waals surface area (Å²) in [7, 11) is 0. The van der Waals surface area contributed by atoms with Gasteiger partial charge in [-0.3, -0.25) is 0 Å². The summed E-state index contributed by atoms with van der Waals surface area (Å²) >= 11 is 0. The third kappa shape index (κ3) is 4.17. The van der Waals surface area contributed by atoms with Gasteiger partial charge in [-0.25, -0.2) is 0 Å². The predicted octanol–water partition coefficient (Wildman–Crippen LogP) is 3.46. The molecular formula is C10H16. The van der Waals surface area contributed by atoms with Crippen molar-refractivity contribution in [3.8, 4) is 0 Å². The third-order valence-electron chi connectivity index (χ3n) is 1.52. The highest BCUT2D eigenvalue weighted by Crippen LogP contribution is 2.07. The molecule has 0 fully saturated rings. The zero-order valence-electron chi connectivity index (χ0n) is 6.82. The molecule has 56 valence electrons. The van der Waals surface area contributed by atoms with Crippen LogP contribution in [-0.2, 0) is 0 Å². The molecule has 0 N–H and O–H groups in total. The lowest BCUT2D eigenvalue weighted by Gasteiger charge is -1.95. The molecule has 0 nitrogen and oxygen atoms in total. The maximum Gasteiger partial charge on any atom is -0.00725 e. The molecule has 0 aromatic heterocycles. The van der Waals surface area contributed by atoms with Gasteiger partial charge in [-0.2, -0.15) is 0 Å². The van der Waals surface area contributed by atoms with Crippen LogP contribution in [0.5, 0.6) is 0 Å². The average molecular weight is 136 g/mol.